The van der Waals surface area contributed by atoms with Crippen molar-refractivity contribution in [2.45, 2.75) is 13.3 Å². The minimum atomic E-state index is -1.18. The van der Waals surface area contributed by atoms with Crippen LogP contribution in [0.25, 0.3) is 0 Å². The van der Waals surface area contributed by atoms with Crippen molar-refractivity contribution in [1.82, 2.24) is 10.2 Å². The fourth-order valence-corrected chi connectivity index (χ4v) is 0.758. The van der Waals surface area contributed by atoms with Crippen LogP contribution in [-0.2, 0) is 6.42 Å². The second-order valence-electron chi connectivity index (χ2n) is 1.90. The van der Waals surface area contributed by atoms with Gasteiger partial charge in [0.15, 0.2) is 0 Å². The third kappa shape index (κ3) is 1.00. The van der Waals surface area contributed by atoms with E-state index in [-0.39, 0.29) is 5.56 Å². The fourth-order valence-electron chi connectivity index (χ4n) is 0.758. The first-order chi connectivity index (χ1) is 4.75. The summed E-state index contributed by atoms with van der Waals surface area (Å²) in [5, 5.41) is 16.4. The normalized spacial score (nSPS) is 9.70. The highest BCUT2D eigenvalue weighted by molar-refractivity contribution is 5.86. The van der Waals surface area contributed by atoms with Crippen molar-refractivity contribution >= 4 is 5.97 Å². The van der Waals surface area contributed by atoms with E-state index in [0.717, 1.165) is 0 Å². The maximum absolute atomic E-state index is 10.3. The topological polar surface area (TPSA) is 68.8 Å². The average Bonchev–Trinajstić information content (AvgIpc) is 2.33. The van der Waals surface area contributed by atoms with Crippen molar-refractivity contribution in [2.24, 2.45) is 0 Å². The molecule has 0 amide bonds. The predicted octanol–water partition coefficient (Wildman–Crippen LogP) is -0.664. The van der Waals surface area contributed by atoms with Crippen LogP contribution in [0.2, 0.25) is 0 Å². The molecule has 0 bridgehead atoms. The Morgan fingerprint density at radius 1 is 1.90 bits per heavy atom. The Hall–Kier alpha value is -1.32. The maximum atomic E-state index is 10.3. The zero-order valence-corrected chi connectivity index (χ0v) is 5.55. The summed E-state index contributed by atoms with van der Waals surface area (Å²) in [6.07, 6.45) is 1.89. The summed E-state index contributed by atoms with van der Waals surface area (Å²) in [6, 6.07) is 0. The Morgan fingerprint density at radius 2 is 2.60 bits per heavy atom. The van der Waals surface area contributed by atoms with Gasteiger partial charge in [0.1, 0.15) is 0 Å². The van der Waals surface area contributed by atoms with Gasteiger partial charge in [-0.25, -0.2) is 0 Å². The Morgan fingerprint density at radius 3 is 3.00 bits per heavy atom. The highest BCUT2D eigenvalue weighted by atomic mass is 16.4. The van der Waals surface area contributed by atoms with Crippen LogP contribution >= 0.6 is 0 Å². The highest BCUT2D eigenvalue weighted by Crippen LogP contribution is 2.02. The number of nitrogens with one attached hydrogen (secondary N) is 1. The lowest BCUT2D eigenvalue weighted by Crippen LogP contribution is -2.22. The van der Waals surface area contributed by atoms with E-state index in [9.17, 15) is 9.90 Å². The average molecular weight is 139 g/mol. The molecule has 0 saturated carbocycles. The molecule has 1 rings (SSSR count). The number of carbonyl (C=O) groups is 1. The minimum absolute atomic E-state index is 0.155. The number of carboxylic acid groups (broad SMARTS) is 1. The van der Waals surface area contributed by atoms with E-state index >= 15 is 0 Å². The molecule has 1 heterocycles. The molecule has 10 heavy (non-hydrogen) atoms. The number of aromatic amines is 1. The molecule has 0 atom stereocenters. The van der Waals surface area contributed by atoms with E-state index < -0.39 is 5.97 Å². The summed E-state index contributed by atoms with van der Waals surface area (Å²) < 4.78 is 0. The monoisotopic (exact) mass is 139 g/mol. The zero-order chi connectivity index (χ0) is 7.56. The van der Waals surface area contributed by atoms with Crippen LogP contribution < -0.4 is 5.11 Å². The van der Waals surface area contributed by atoms with Gasteiger partial charge >= 0.3 is 0 Å². The van der Waals surface area contributed by atoms with E-state index in [2.05, 4.69) is 10.2 Å². The molecule has 0 aliphatic heterocycles. The number of carboxylic acids is 1. The first-order valence-corrected chi connectivity index (χ1v) is 2.99. The molecule has 0 radical (unpaired) electrons. The van der Waals surface area contributed by atoms with Crippen molar-refractivity contribution in [3.8, 4) is 0 Å². The number of carbonyl (C=O) groups excluding carboxylic acids is 1. The third-order valence-electron chi connectivity index (χ3n) is 1.29. The van der Waals surface area contributed by atoms with Gasteiger partial charge in [0.2, 0.25) is 0 Å². The quantitative estimate of drug-likeness (QED) is 0.591. The number of hydrogen-bond acceptors (Lipinski definition) is 3. The van der Waals surface area contributed by atoms with Gasteiger partial charge in [0, 0.05) is 11.3 Å². The molecule has 0 unspecified atom stereocenters. The van der Waals surface area contributed by atoms with Crippen LogP contribution in [0.15, 0.2) is 6.20 Å². The number of rotatable bonds is 2. The maximum Gasteiger partial charge on any atom is 0.0749 e. The molecular formula is C6H7N2O2-. The van der Waals surface area contributed by atoms with E-state index in [0.29, 0.717) is 12.1 Å². The standard InChI is InChI=1S/C6H8N2O2/c1-2-5-4(6(9)10)3-7-8-5/h3H,2H2,1H3,(H,7,8)(H,9,10)/p-1. The second-order valence-corrected chi connectivity index (χ2v) is 1.90. The van der Waals surface area contributed by atoms with Crippen LogP contribution in [-0.4, -0.2) is 16.2 Å². The van der Waals surface area contributed by atoms with Crippen LogP contribution in [0.3, 0.4) is 0 Å². The van der Waals surface area contributed by atoms with Gasteiger partial charge in [-0.3, -0.25) is 5.10 Å². The molecule has 0 aromatic carbocycles. The van der Waals surface area contributed by atoms with Crippen molar-refractivity contribution < 1.29 is 9.90 Å². The number of hydrogen-bond donors (Lipinski definition) is 1. The molecule has 4 heteroatoms. The molecule has 0 aliphatic rings. The summed E-state index contributed by atoms with van der Waals surface area (Å²) in [5.74, 6) is -1.18. The van der Waals surface area contributed by atoms with E-state index in [1.807, 2.05) is 6.92 Å². The molecule has 0 saturated heterocycles. The lowest BCUT2D eigenvalue weighted by molar-refractivity contribution is -0.255. The summed E-state index contributed by atoms with van der Waals surface area (Å²) >= 11 is 0. The molecule has 0 spiro atoms. The van der Waals surface area contributed by atoms with Crippen LogP contribution in [0, 0.1) is 0 Å². The highest BCUT2D eigenvalue weighted by Gasteiger charge is 2.01. The number of aromatic carboxylic acids is 1. The number of H-pyrrole nitrogens is 1. The van der Waals surface area contributed by atoms with E-state index in [1.54, 1.807) is 0 Å². The van der Waals surface area contributed by atoms with Gasteiger partial charge in [0.05, 0.1) is 12.2 Å². The zero-order valence-electron chi connectivity index (χ0n) is 5.55. The molecular weight excluding hydrogens is 132 g/mol. The summed E-state index contributed by atoms with van der Waals surface area (Å²) in [6.45, 7) is 1.85. The lowest BCUT2D eigenvalue weighted by atomic mass is 10.2. The largest absolute Gasteiger partial charge is 0.545 e. The molecule has 1 N–H and O–H groups in total. The van der Waals surface area contributed by atoms with Gasteiger partial charge < -0.3 is 9.90 Å². The van der Waals surface area contributed by atoms with Crippen LogP contribution in [0.1, 0.15) is 23.0 Å². The molecule has 1 aromatic heterocycles. The van der Waals surface area contributed by atoms with Gasteiger partial charge in [-0.15, -0.1) is 0 Å². The summed E-state index contributed by atoms with van der Waals surface area (Å²) in [4.78, 5) is 10.3. The summed E-state index contributed by atoms with van der Waals surface area (Å²) in [7, 11) is 0. The van der Waals surface area contributed by atoms with Gasteiger partial charge in [-0.2, -0.15) is 5.10 Å². The minimum Gasteiger partial charge on any atom is -0.545 e. The molecule has 0 aliphatic carbocycles. The molecule has 0 fully saturated rings. The van der Waals surface area contributed by atoms with Gasteiger partial charge in [-0.1, -0.05) is 6.92 Å². The summed E-state index contributed by atoms with van der Waals surface area (Å²) in [5.41, 5.74) is 0.766. The Labute approximate surface area is 57.9 Å². The van der Waals surface area contributed by atoms with Crippen LogP contribution in [0.5, 0.6) is 0 Å². The van der Waals surface area contributed by atoms with Crippen molar-refractivity contribution in [1.29, 1.82) is 0 Å². The Kier molecular flexibility index (Phi) is 1.71. The van der Waals surface area contributed by atoms with Gasteiger partial charge in [0.25, 0.3) is 0 Å². The van der Waals surface area contributed by atoms with Crippen molar-refractivity contribution in [3.63, 3.8) is 0 Å². The lowest BCUT2D eigenvalue weighted by Gasteiger charge is -1.98. The Balaban J connectivity index is 3.01. The molecule has 1 aromatic rings. The number of aromatic nitrogens is 2. The number of aryl methyl sites for hydroxylation is 1. The molecule has 4 nitrogen and oxygen atoms in total. The van der Waals surface area contributed by atoms with Gasteiger partial charge in [-0.05, 0) is 6.42 Å². The Bertz CT molecular complexity index is 242. The fraction of sp³-hybridized carbons (Fsp3) is 0.333. The smallest absolute Gasteiger partial charge is 0.0749 e. The SMILES string of the molecule is CCc1[nH]ncc1C(=O)[O-]. The van der Waals surface area contributed by atoms with E-state index in [1.165, 1.54) is 6.20 Å². The van der Waals surface area contributed by atoms with E-state index in [4.69, 9.17) is 0 Å². The first-order valence-electron chi connectivity index (χ1n) is 2.99. The van der Waals surface area contributed by atoms with Crippen LogP contribution in [0.4, 0.5) is 0 Å². The van der Waals surface area contributed by atoms with Crippen molar-refractivity contribution in [2.75, 3.05) is 0 Å². The second kappa shape index (κ2) is 2.51. The first kappa shape index (κ1) is 6.80. The predicted molar refractivity (Wildman–Crippen MR) is 32.3 cm³/mol. The molecule has 54 valence electrons. The van der Waals surface area contributed by atoms with Crippen molar-refractivity contribution in [3.05, 3.63) is 17.5 Å². The number of nitrogens with zero attached hydrogens (tertiary/aromatic N) is 1. The third-order valence-corrected chi connectivity index (χ3v) is 1.29.